The lowest BCUT2D eigenvalue weighted by Gasteiger charge is -2.23. The zero-order valence-electron chi connectivity index (χ0n) is 8.70. The molecule has 0 aliphatic rings. The van der Waals surface area contributed by atoms with Crippen LogP contribution in [0.3, 0.4) is 0 Å². The summed E-state index contributed by atoms with van der Waals surface area (Å²) in [6.07, 6.45) is 1.53. The lowest BCUT2D eigenvalue weighted by atomic mass is 10.0. The van der Waals surface area contributed by atoms with Crippen molar-refractivity contribution in [3.05, 3.63) is 24.0 Å². The van der Waals surface area contributed by atoms with Gasteiger partial charge in [-0.3, -0.25) is 9.59 Å². The number of carbonyl (C=O) groups is 2. The van der Waals surface area contributed by atoms with E-state index in [1.807, 2.05) is 0 Å². The Labute approximate surface area is 87.5 Å². The van der Waals surface area contributed by atoms with Gasteiger partial charge in [-0.25, -0.2) is 0 Å². The number of carbonyl (C=O) groups excluding carboxylic acids is 1. The first kappa shape index (κ1) is 11.3. The van der Waals surface area contributed by atoms with E-state index in [0.717, 1.165) is 0 Å². The van der Waals surface area contributed by atoms with E-state index in [1.54, 1.807) is 32.2 Å². The molecule has 0 saturated carbocycles. The number of aromatic nitrogens is 1. The van der Waals surface area contributed by atoms with Crippen LogP contribution in [0.4, 0.5) is 0 Å². The van der Waals surface area contributed by atoms with Crippen LogP contribution in [0, 0.1) is 0 Å². The van der Waals surface area contributed by atoms with Gasteiger partial charge in [0, 0.05) is 11.7 Å². The summed E-state index contributed by atoms with van der Waals surface area (Å²) in [7, 11) is 0. The topological polar surface area (TPSA) is 82.2 Å². The molecule has 0 atom stereocenters. The lowest BCUT2D eigenvalue weighted by Crippen LogP contribution is -2.45. The second kappa shape index (κ2) is 4.16. The molecule has 1 aromatic heterocycles. The van der Waals surface area contributed by atoms with Crippen molar-refractivity contribution < 1.29 is 14.7 Å². The van der Waals surface area contributed by atoms with Gasteiger partial charge in [0.1, 0.15) is 5.69 Å². The van der Waals surface area contributed by atoms with Crippen LogP contribution >= 0.6 is 0 Å². The Hall–Kier alpha value is -1.78. The van der Waals surface area contributed by atoms with Crippen LogP contribution in [0.15, 0.2) is 18.3 Å². The summed E-state index contributed by atoms with van der Waals surface area (Å²) in [4.78, 5) is 24.8. The second-order valence-electron chi connectivity index (χ2n) is 3.99. The minimum absolute atomic E-state index is 0.112. The van der Waals surface area contributed by atoms with Crippen molar-refractivity contribution in [2.75, 3.05) is 0 Å². The van der Waals surface area contributed by atoms with Gasteiger partial charge in [0.25, 0.3) is 5.91 Å². The standard InChI is InChI=1S/C10H14N2O3/c1-10(2,6-8(13)14)12-9(15)7-4-3-5-11-7/h3-5,11H,6H2,1-2H3,(H,12,15)(H,13,14). The summed E-state index contributed by atoms with van der Waals surface area (Å²) < 4.78 is 0. The fraction of sp³-hybridized carbons (Fsp3) is 0.400. The molecule has 0 aromatic carbocycles. The Bertz CT molecular complexity index is 355. The van der Waals surface area contributed by atoms with Gasteiger partial charge in [0.2, 0.25) is 0 Å². The quantitative estimate of drug-likeness (QED) is 0.693. The highest BCUT2D eigenvalue weighted by atomic mass is 16.4. The van der Waals surface area contributed by atoms with Gasteiger partial charge in [0.15, 0.2) is 0 Å². The molecule has 0 unspecified atom stereocenters. The molecule has 0 aliphatic carbocycles. The molecular formula is C10H14N2O3. The molecule has 1 amide bonds. The summed E-state index contributed by atoms with van der Waals surface area (Å²) in [6, 6.07) is 3.34. The Morgan fingerprint density at radius 1 is 1.53 bits per heavy atom. The zero-order chi connectivity index (χ0) is 11.5. The molecule has 0 spiro atoms. The molecule has 1 heterocycles. The Morgan fingerprint density at radius 2 is 2.20 bits per heavy atom. The minimum atomic E-state index is -0.938. The van der Waals surface area contributed by atoms with Crippen LogP contribution in [-0.2, 0) is 4.79 Å². The zero-order valence-corrected chi connectivity index (χ0v) is 8.70. The number of hydrogen-bond donors (Lipinski definition) is 3. The number of carboxylic acids is 1. The normalized spacial score (nSPS) is 11.1. The van der Waals surface area contributed by atoms with E-state index in [2.05, 4.69) is 10.3 Å². The van der Waals surface area contributed by atoms with E-state index in [4.69, 9.17) is 5.11 Å². The van der Waals surface area contributed by atoms with Crippen LogP contribution in [0.25, 0.3) is 0 Å². The summed E-state index contributed by atoms with van der Waals surface area (Å²) in [5, 5.41) is 11.3. The lowest BCUT2D eigenvalue weighted by molar-refractivity contribution is -0.138. The smallest absolute Gasteiger partial charge is 0.305 e. The molecule has 82 valence electrons. The van der Waals surface area contributed by atoms with Gasteiger partial charge in [-0.05, 0) is 26.0 Å². The molecule has 0 bridgehead atoms. The van der Waals surface area contributed by atoms with Gasteiger partial charge in [0.05, 0.1) is 6.42 Å². The third kappa shape index (κ3) is 3.46. The van der Waals surface area contributed by atoms with E-state index in [-0.39, 0.29) is 12.3 Å². The molecule has 5 nitrogen and oxygen atoms in total. The Morgan fingerprint density at radius 3 is 2.67 bits per heavy atom. The Balaban J connectivity index is 2.61. The number of carboxylic acid groups (broad SMARTS) is 1. The first-order valence-electron chi connectivity index (χ1n) is 4.58. The van der Waals surface area contributed by atoms with Gasteiger partial charge in [-0.15, -0.1) is 0 Å². The molecule has 1 rings (SSSR count). The highest BCUT2D eigenvalue weighted by Gasteiger charge is 2.24. The predicted molar refractivity (Wildman–Crippen MR) is 54.6 cm³/mol. The Kier molecular flexibility index (Phi) is 3.14. The maximum Gasteiger partial charge on any atom is 0.305 e. The molecular weight excluding hydrogens is 196 g/mol. The van der Waals surface area contributed by atoms with E-state index in [0.29, 0.717) is 5.69 Å². The summed E-state index contributed by atoms with van der Waals surface area (Å²) in [5.74, 6) is -1.24. The van der Waals surface area contributed by atoms with E-state index >= 15 is 0 Å². The number of hydrogen-bond acceptors (Lipinski definition) is 2. The molecule has 15 heavy (non-hydrogen) atoms. The van der Waals surface area contributed by atoms with E-state index < -0.39 is 11.5 Å². The summed E-state index contributed by atoms with van der Waals surface area (Å²) in [6.45, 7) is 3.34. The maximum atomic E-state index is 11.6. The first-order chi connectivity index (χ1) is 6.91. The van der Waals surface area contributed by atoms with E-state index in [1.165, 1.54) is 0 Å². The van der Waals surface area contributed by atoms with Crippen molar-refractivity contribution in [2.24, 2.45) is 0 Å². The molecule has 0 radical (unpaired) electrons. The van der Waals surface area contributed by atoms with Crippen LogP contribution in [-0.4, -0.2) is 27.5 Å². The average molecular weight is 210 g/mol. The number of H-pyrrole nitrogens is 1. The monoisotopic (exact) mass is 210 g/mol. The third-order valence-electron chi connectivity index (χ3n) is 1.89. The van der Waals surface area contributed by atoms with Gasteiger partial charge in [-0.2, -0.15) is 0 Å². The van der Waals surface area contributed by atoms with Crippen molar-refractivity contribution in [3.63, 3.8) is 0 Å². The molecule has 0 aliphatic heterocycles. The highest BCUT2D eigenvalue weighted by Crippen LogP contribution is 2.09. The van der Waals surface area contributed by atoms with Crippen LogP contribution in [0.1, 0.15) is 30.8 Å². The number of nitrogens with one attached hydrogen (secondary N) is 2. The second-order valence-corrected chi connectivity index (χ2v) is 3.99. The van der Waals surface area contributed by atoms with Crippen molar-refractivity contribution in [2.45, 2.75) is 25.8 Å². The van der Waals surface area contributed by atoms with E-state index in [9.17, 15) is 9.59 Å². The van der Waals surface area contributed by atoms with Gasteiger partial charge in [-0.1, -0.05) is 0 Å². The van der Waals surface area contributed by atoms with Crippen LogP contribution in [0.2, 0.25) is 0 Å². The first-order valence-corrected chi connectivity index (χ1v) is 4.58. The maximum absolute atomic E-state index is 11.6. The summed E-state index contributed by atoms with van der Waals surface area (Å²) >= 11 is 0. The summed E-state index contributed by atoms with van der Waals surface area (Å²) in [5.41, 5.74) is -0.331. The molecule has 0 fully saturated rings. The average Bonchev–Trinajstić information content (AvgIpc) is 2.50. The number of amides is 1. The number of rotatable bonds is 4. The van der Waals surface area contributed by atoms with Crippen LogP contribution < -0.4 is 5.32 Å². The molecule has 3 N–H and O–H groups in total. The van der Waals surface area contributed by atoms with Crippen molar-refractivity contribution in [1.29, 1.82) is 0 Å². The number of aromatic amines is 1. The van der Waals surface area contributed by atoms with Crippen molar-refractivity contribution >= 4 is 11.9 Å². The largest absolute Gasteiger partial charge is 0.481 e. The fourth-order valence-electron chi connectivity index (χ4n) is 1.27. The predicted octanol–water partition coefficient (Wildman–Crippen LogP) is 0.998. The van der Waals surface area contributed by atoms with Crippen LogP contribution in [0.5, 0.6) is 0 Å². The molecule has 5 heteroatoms. The fourth-order valence-corrected chi connectivity index (χ4v) is 1.27. The van der Waals surface area contributed by atoms with Gasteiger partial charge >= 0.3 is 5.97 Å². The minimum Gasteiger partial charge on any atom is -0.481 e. The third-order valence-corrected chi connectivity index (χ3v) is 1.89. The highest BCUT2D eigenvalue weighted by molar-refractivity contribution is 5.93. The van der Waals surface area contributed by atoms with Gasteiger partial charge < -0.3 is 15.4 Å². The van der Waals surface area contributed by atoms with Crippen molar-refractivity contribution in [1.82, 2.24) is 10.3 Å². The number of aliphatic carboxylic acids is 1. The molecule has 0 saturated heterocycles. The SMILES string of the molecule is CC(C)(CC(=O)O)NC(=O)c1ccc[nH]1. The van der Waals surface area contributed by atoms with Crippen molar-refractivity contribution in [3.8, 4) is 0 Å². The molecule has 1 aromatic rings.